The Labute approximate surface area is 545 Å². The summed E-state index contributed by atoms with van der Waals surface area (Å²) in [5.74, 6) is 6.02. The number of hydrogen-bond donors (Lipinski definition) is 0. The summed E-state index contributed by atoms with van der Waals surface area (Å²) in [7, 11) is -2.05. The van der Waals surface area contributed by atoms with Crippen molar-refractivity contribution < 1.29 is 0 Å². The Morgan fingerprint density at radius 2 is 0.284 bits per heavy atom. The molecule has 0 aliphatic carbocycles. The second kappa shape index (κ2) is 30.1. The van der Waals surface area contributed by atoms with Crippen molar-refractivity contribution in [3.05, 3.63) is 173 Å². The summed E-state index contributed by atoms with van der Waals surface area (Å²) in [5, 5.41) is 9.68. The van der Waals surface area contributed by atoms with Gasteiger partial charge in [0.05, 0.1) is 0 Å². The van der Waals surface area contributed by atoms with Gasteiger partial charge in [-0.15, -0.1) is 0 Å². The van der Waals surface area contributed by atoms with Gasteiger partial charge in [0.25, 0.3) is 0 Å². The molecule has 0 heterocycles. The first kappa shape index (κ1) is 73.0. The van der Waals surface area contributed by atoms with Crippen LogP contribution in [0.5, 0.6) is 0 Å². The molecule has 0 nitrogen and oxygen atoms in total. The Balaban J connectivity index is 1.80. The van der Waals surface area contributed by atoms with Crippen LogP contribution < -0.4 is 31.8 Å². The van der Waals surface area contributed by atoms with Crippen molar-refractivity contribution in [2.75, 3.05) is 0 Å². The predicted molar refractivity (Wildman–Crippen MR) is 405 cm³/mol. The summed E-state index contributed by atoms with van der Waals surface area (Å²) in [4.78, 5) is 0. The van der Waals surface area contributed by atoms with Gasteiger partial charge in [-0.2, -0.15) is 0 Å². The van der Waals surface area contributed by atoms with Crippen molar-refractivity contribution in [1.82, 2.24) is 0 Å². The van der Waals surface area contributed by atoms with Gasteiger partial charge < -0.3 is 0 Å². The maximum Gasteiger partial charge on any atom is -0.00810 e. The summed E-state index contributed by atoms with van der Waals surface area (Å²) in [6.45, 7) is 78.3. The number of benzene rings is 6. The van der Waals surface area contributed by atoms with E-state index in [1.807, 2.05) is 0 Å². The molecule has 0 radical (unpaired) electrons. The van der Waals surface area contributed by atoms with Crippen LogP contribution >= 0.6 is 15.8 Å². The van der Waals surface area contributed by atoms with Crippen LogP contribution in [0.4, 0.5) is 0 Å². The molecular weight excluding hydrogens is 1090 g/mol. The summed E-state index contributed by atoms with van der Waals surface area (Å²) >= 11 is 0. The first-order chi connectivity index (χ1) is 40.9. The fraction of sp³-hybridized carbons (Fsp3) is 0.558. The van der Waals surface area contributed by atoms with Crippen LogP contribution in [0.1, 0.15) is 416 Å². The minimum absolute atomic E-state index is 0.312. The van der Waals surface area contributed by atoms with Gasteiger partial charge in [-0.25, -0.2) is 0 Å². The first-order valence-corrected chi connectivity index (χ1v) is 38.0. The van der Waals surface area contributed by atoms with Crippen LogP contribution in [0.25, 0.3) is 12.2 Å². The zero-order valence-electron chi connectivity index (χ0n) is 62.2. The molecule has 2 heteroatoms. The molecule has 6 rings (SSSR count). The van der Waals surface area contributed by atoms with E-state index in [0.717, 1.165) is 0 Å². The topological polar surface area (TPSA) is 0 Å². The van der Waals surface area contributed by atoms with Gasteiger partial charge in [-0.05, 0) is 242 Å². The van der Waals surface area contributed by atoms with Crippen LogP contribution in [0, 0.1) is 0 Å². The van der Waals surface area contributed by atoms with Gasteiger partial charge in [-0.3, -0.25) is 0 Å². The molecule has 0 N–H and O–H groups in total. The van der Waals surface area contributed by atoms with Gasteiger partial charge in [0.1, 0.15) is 0 Å². The van der Waals surface area contributed by atoms with E-state index in [4.69, 9.17) is 0 Å². The Kier molecular flexibility index (Phi) is 25.0. The fourth-order valence-corrected chi connectivity index (χ4v) is 21.8. The maximum absolute atomic E-state index is 2.64. The highest BCUT2D eigenvalue weighted by molar-refractivity contribution is 7.80. The third-order valence-electron chi connectivity index (χ3n) is 19.1. The van der Waals surface area contributed by atoms with Gasteiger partial charge in [-0.1, -0.05) is 307 Å². The standard InChI is InChI=1S/C86H126P2/c1-47(2)65-39-73(55(17)18)83(74(40-65)56(19)20)87(84-75(57(21)22)41-66(48(3)4)42-76(84)58(23)24)81-69(51(9)10)35-63(36-70(81)52(11)12)33-34-64-37-71(53(13)14)82(72(38-64)54(15)16)88(85-77(59(25)26)43-67(49(5)6)44-78(85)60(27)28)86-79(61(29)30)45-68(50(7)8)46-80(86)62(31)32/h33-62H,1-32H3. The Morgan fingerprint density at radius 3 is 0.386 bits per heavy atom. The highest BCUT2D eigenvalue weighted by atomic mass is 31.1. The van der Waals surface area contributed by atoms with Gasteiger partial charge in [0.2, 0.25) is 0 Å². The molecule has 0 bridgehead atoms. The van der Waals surface area contributed by atoms with Gasteiger partial charge >= 0.3 is 0 Å². The van der Waals surface area contributed by atoms with Crippen LogP contribution in [0.3, 0.4) is 0 Å². The molecule has 0 atom stereocenters. The third kappa shape index (κ3) is 15.7. The van der Waals surface area contributed by atoms with Crippen molar-refractivity contribution in [3.63, 3.8) is 0 Å². The largest absolute Gasteiger partial charge is 0.0587 e. The smallest absolute Gasteiger partial charge is 0.00810 e. The highest BCUT2D eigenvalue weighted by Crippen LogP contribution is 2.51. The molecule has 480 valence electrons. The van der Waals surface area contributed by atoms with Crippen LogP contribution in [-0.4, -0.2) is 0 Å². The number of hydrogen-bond acceptors (Lipinski definition) is 0. The Bertz CT molecular complexity index is 2830. The van der Waals surface area contributed by atoms with Crippen molar-refractivity contribution in [3.8, 4) is 0 Å². The molecule has 0 saturated carbocycles. The molecule has 0 spiro atoms. The van der Waals surface area contributed by atoms with E-state index in [1.54, 1.807) is 76.3 Å². The van der Waals surface area contributed by atoms with Gasteiger partial charge in [0, 0.05) is 0 Å². The van der Waals surface area contributed by atoms with Crippen molar-refractivity contribution in [2.24, 2.45) is 0 Å². The zero-order chi connectivity index (χ0) is 66.1. The maximum atomic E-state index is 2.64. The molecule has 0 aromatic heterocycles. The lowest BCUT2D eigenvalue weighted by atomic mass is 9.89. The lowest BCUT2D eigenvalue weighted by Crippen LogP contribution is -2.35. The monoisotopic (exact) mass is 1220 g/mol. The van der Waals surface area contributed by atoms with Crippen molar-refractivity contribution in [1.29, 1.82) is 0 Å². The van der Waals surface area contributed by atoms with Crippen LogP contribution in [0.15, 0.2) is 72.8 Å². The number of rotatable bonds is 24. The SMILES string of the molecule is CC(C)c1cc(C(C)C)c(P(c2c(C(C)C)cc(C=Cc3cc(C(C)C)c(P(c4c(C(C)C)cc(C(C)C)cc4C(C)C)c4c(C(C)C)cc(C(C)C)cc4C(C)C)c(C(C)C)c3)cc2C(C)C)c2c(C(C)C)cc(C(C)C)cc2C(C)C)c(C(C)C)c1. The third-order valence-corrected chi connectivity index (χ3v) is 24.9. The minimum Gasteiger partial charge on any atom is -0.0587 e. The zero-order valence-corrected chi connectivity index (χ0v) is 64.0. The van der Waals surface area contributed by atoms with E-state index < -0.39 is 15.8 Å². The molecule has 6 aromatic carbocycles. The van der Waals surface area contributed by atoms with E-state index in [2.05, 4.69) is 307 Å². The molecule has 6 aromatic rings. The summed E-state index contributed by atoms with van der Waals surface area (Å²) in [6, 6.07) is 31.6. The summed E-state index contributed by atoms with van der Waals surface area (Å²) in [5.41, 5.74) is 26.9. The Morgan fingerprint density at radius 1 is 0.170 bits per heavy atom. The lowest BCUT2D eigenvalue weighted by molar-refractivity contribution is 0.810. The van der Waals surface area contributed by atoms with E-state index in [-0.39, 0.29) is 0 Å². The quantitative estimate of drug-likeness (QED) is 0.0419. The second-order valence-corrected chi connectivity index (χ2v) is 35.8. The van der Waals surface area contributed by atoms with Crippen molar-refractivity contribution >= 4 is 59.8 Å². The normalized spacial score (nSPS) is 13.0. The molecule has 0 saturated heterocycles. The molecule has 0 aliphatic heterocycles. The molecule has 0 aliphatic rings. The summed E-state index contributed by atoms with van der Waals surface area (Å²) in [6.07, 6.45) is 5.00. The summed E-state index contributed by atoms with van der Waals surface area (Å²) < 4.78 is 0. The van der Waals surface area contributed by atoms with E-state index in [0.29, 0.717) is 94.7 Å². The lowest BCUT2D eigenvalue weighted by Gasteiger charge is -2.37. The fourth-order valence-electron chi connectivity index (χ4n) is 13.4. The van der Waals surface area contributed by atoms with E-state index in [1.165, 1.54) is 55.6 Å². The minimum atomic E-state index is -1.03. The first-order valence-electron chi connectivity index (χ1n) is 35.3. The molecule has 0 amide bonds. The van der Waals surface area contributed by atoms with Crippen LogP contribution in [0.2, 0.25) is 0 Å². The average molecular weight is 1220 g/mol. The average Bonchev–Trinajstić information content (AvgIpc) is 3.43. The van der Waals surface area contributed by atoms with Crippen LogP contribution in [-0.2, 0) is 0 Å². The highest BCUT2D eigenvalue weighted by Gasteiger charge is 2.38. The molecular formula is C86H126P2. The predicted octanol–water partition coefficient (Wildman–Crippen LogP) is 25.3. The van der Waals surface area contributed by atoms with E-state index >= 15 is 0 Å². The second-order valence-electron chi connectivity index (χ2n) is 31.8. The Hall–Kier alpha value is -4.08. The van der Waals surface area contributed by atoms with Gasteiger partial charge in [0.15, 0.2) is 0 Å². The van der Waals surface area contributed by atoms with Crippen molar-refractivity contribution in [2.45, 2.75) is 316 Å². The molecule has 0 unspecified atom stereocenters. The molecule has 88 heavy (non-hydrogen) atoms. The molecule has 0 fully saturated rings. The van der Waals surface area contributed by atoms with E-state index in [9.17, 15) is 0 Å².